The zero-order valence-electron chi connectivity index (χ0n) is 36.3. The molecule has 0 heterocycles. The minimum Gasteiger partial charge on any atom is -1.00 e. The third kappa shape index (κ3) is 13.8. The van der Waals surface area contributed by atoms with Gasteiger partial charge in [-0.3, -0.25) is 9.59 Å². The molecule has 0 bridgehead atoms. The van der Waals surface area contributed by atoms with E-state index >= 15 is 0 Å². The largest absolute Gasteiger partial charge is 1.00 e. The first kappa shape index (κ1) is 7.83. The van der Waals surface area contributed by atoms with Gasteiger partial charge in [0.05, 0.1) is 23.7 Å². The number of hydrogen-bond acceptors (Lipinski definition) is 2. The maximum Gasteiger partial charge on any atom is 0.307 e. The molecule has 1 N–H and O–H groups in total. The van der Waals surface area contributed by atoms with E-state index < -0.39 is 110 Å². The first-order valence-electron chi connectivity index (χ1n) is 17.9. The molecule has 156 valence electrons. The first-order valence-corrected chi connectivity index (χ1v) is 7.36. The Morgan fingerprint density at radius 2 is 1.36 bits per heavy atom. The van der Waals surface area contributed by atoms with Gasteiger partial charge in [-0.25, -0.2) is 0 Å². The molecule has 0 spiro atoms. The Bertz CT molecular complexity index is 1460. The molecule has 0 fully saturated rings. The van der Waals surface area contributed by atoms with Crippen molar-refractivity contribution in [1.82, 2.24) is 4.90 Å². The molecule has 2 rings (SSSR count). The second kappa shape index (κ2) is 15.7. The molecular formula is C23H33ClNO3-. The molecule has 0 aliphatic heterocycles. The molecule has 0 unspecified atom stereocenters. The van der Waals surface area contributed by atoms with Crippen molar-refractivity contribution in [1.29, 1.82) is 0 Å². The highest BCUT2D eigenvalue weighted by atomic mass is 35.5. The summed E-state index contributed by atoms with van der Waals surface area (Å²) in [7, 11) is 0. The predicted octanol–water partition coefficient (Wildman–Crippen LogP) is 1.67. The van der Waals surface area contributed by atoms with Crippen molar-refractivity contribution < 1.29 is 55.9 Å². The first-order chi connectivity index (χ1) is 21.1. The Balaban J connectivity index is 0. The molecule has 4 nitrogen and oxygen atoms in total. The van der Waals surface area contributed by atoms with Crippen LogP contribution in [0.4, 0.5) is 0 Å². The predicted molar refractivity (Wildman–Crippen MR) is 112 cm³/mol. The van der Waals surface area contributed by atoms with E-state index in [0.717, 1.165) is 0 Å². The molecule has 2 aromatic carbocycles. The van der Waals surface area contributed by atoms with Gasteiger partial charge in [-0.2, -0.15) is 0 Å². The number of hydrogen-bond donors (Lipinski definition) is 1. The highest BCUT2D eigenvalue weighted by Gasteiger charge is 2.04. The average Bonchev–Trinajstić information content (AvgIpc) is 2.91. The van der Waals surface area contributed by atoms with Gasteiger partial charge in [0, 0.05) is 31.8 Å². The molecule has 2 aromatic rings. The van der Waals surface area contributed by atoms with Gasteiger partial charge >= 0.3 is 5.97 Å². The number of nitrogens with zero attached hydrogens (tertiary/aromatic N) is 1. The van der Waals surface area contributed by atoms with Gasteiger partial charge < -0.3 is 22.4 Å². The summed E-state index contributed by atoms with van der Waals surface area (Å²) in [6.45, 7) is -4.44. The Kier molecular flexibility index (Phi) is 4.39. The normalized spacial score (nSPS) is 22.2. The number of aliphatic carboxylic acids is 1. The number of rotatable bonds is 4. The third-order valence-electron chi connectivity index (χ3n) is 2.17. The van der Waals surface area contributed by atoms with Crippen molar-refractivity contribution in [3.05, 3.63) is 70.6 Å². The Hall–Kier alpha value is -2.33. The van der Waals surface area contributed by atoms with Crippen LogP contribution in [0.5, 0.6) is 0 Å². The van der Waals surface area contributed by atoms with Crippen molar-refractivity contribution >= 4 is 11.9 Å². The summed E-state index contributed by atoms with van der Waals surface area (Å²) < 4.78 is 154. The van der Waals surface area contributed by atoms with E-state index in [0.29, 0.717) is 0 Å². The van der Waals surface area contributed by atoms with Gasteiger partial charge in [0.1, 0.15) is 0 Å². The molecule has 5 heteroatoms. The monoisotopic (exact) mass is 427 g/mol. The smallest absolute Gasteiger partial charge is 0.307 e. The van der Waals surface area contributed by atoms with Crippen LogP contribution in [0.3, 0.4) is 0 Å². The van der Waals surface area contributed by atoms with E-state index in [1.54, 1.807) is 6.92 Å². The van der Waals surface area contributed by atoms with Gasteiger partial charge in [0.15, 0.2) is 0 Å². The van der Waals surface area contributed by atoms with E-state index in [9.17, 15) is 9.59 Å². The second-order valence-corrected chi connectivity index (χ2v) is 4.55. The fourth-order valence-electron chi connectivity index (χ4n) is 1.14. The van der Waals surface area contributed by atoms with Gasteiger partial charge in [-0.1, -0.05) is 79.7 Å². The van der Waals surface area contributed by atoms with Crippen LogP contribution in [0, 0.1) is 13.8 Å². The van der Waals surface area contributed by atoms with E-state index in [1.165, 1.54) is 13.8 Å². The van der Waals surface area contributed by atoms with Crippen LogP contribution in [0.1, 0.15) is 71.2 Å². The summed E-state index contributed by atoms with van der Waals surface area (Å²) in [6.07, 6.45) is -6.09. The van der Waals surface area contributed by atoms with Crippen molar-refractivity contribution in [2.45, 2.75) is 46.8 Å². The summed E-state index contributed by atoms with van der Waals surface area (Å²) in [4.78, 5) is 22.6. The molecule has 28 heavy (non-hydrogen) atoms. The number of carbonyl (C=O) groups is 2. The van der Waals surface area contributed by atoms with Crippen LogP contribution in [0.25, 0.3) is 0 Å². The van der Waals surface area contributed by atoms with Crippen molar-refractivity contribution in [2.24, 2.45) is 0 Å². The van der Waals surface area contributed by atoms with Gasteiger partial charge in [-0.15, -0.1) is 0 Å². The zero-order valence-corrected chi connectivity index (χ0v) is 16.1. The molecule has 0 saturated heterocycles. The lowest BCUT2D eigenvalue weighted by Crippen LogP contribution is -3.00. The number of likely N-dealkylation sites (N-methyl/N-ethyl adjacent to an activating group) is 1. The molecule has 0 aliphatic carbocycles. The molecule has 0 radical (unpaired) electrons. The quantitative estimate of drug-likeness (QED) is 0.807. The van der Waals surface area contributed by atoms with Crippen LogP contribution >= 0.6 is 0 Å². The molecule has 0 aromatic heterocycles. The molecule has 0 saturated carbocycles. The van der Waals surface area contributed by atoms with Crippen molar-refractivity contribution in [3.63, 3.8) is 0 Å². The summed E-state index contributed by atoms with van der Waals surface area (Å²) in [5.74, 6) is -3.85. The minimum atomic E-state index is -3.50. The fraction of sp³-hybridized carbons (Fsp3) is 0.391. The van der Waals surface area contributed by atoms with Gasteiger partial charge in [-0.05, 0) is 25.0 Å². The summed E-state index contributed by atoms with van der Waals surface area (Å²) in [6, 6.07) is -5.14. The number of benzene rings is 2. The second-order valence-electron chi connectivity index (χ2n) is 4.55. The van der Waals surface area contributed by atoms with Crippen LogP contribution in [0.15, 0.2) is 48.3 Å². The highest BCUT2D eigenvalue weighted by molar-refractivity contribution is 5.78. The van der Waals surface area contributed by atoms with Crippen LogP contribution in [-0.2, 0) is 22.3 Å². The number of amides is 1. The van der Waals surface area contributed by atoms with E-state index in [2.05, 4.69) is 0 Å². The Morgan fingerprint density at radius 1 is 0.964 bits per heavy atom. The molecule has 0 aliphatic rings. The summed E-state index contributed by atoms with van der Waals surface area (Å²) >= 11 is 0. The summed E-state index contributed by atoms with van der Waals surface area (Å²) in [5, 5.41) is 8.73. The maximum absolute atomic E-state index is 12.4. The molecular weight excluding hydrogens is 374 g/mol. The Labute approximate surface area is 205 Å². The fourth-order valence-corrected chi connectivity index (χ4v) is 1.14. The third-order valence-corrected chi connectivity index (χ3v) is 2.17. The maximum atomic E-state index is 12.4. The van der Waals surface area contributed by atoms with E-state index in [4.69, 9.17) is 33.9 Å². The lowest BCUT2D eigenvalue weighted by atomic mass is 10.1. The molecule has 1 amide bonds. The zero-order chi connectivity index (χ0) is 38.9. The number of carboxylic acids is 1. The average molecular weight is 428 g/mol. The van der Waals surface area contributed by atoms with Crippen LogP contribution in [-0.4, -0.2) is 35.8 Å². The Morgan fingerprint density at radius 3 is 1.68 bits per heavy atom. The SMILES string of the molecule is [2H]C([2H])([2H])CC.[2H]c1c([2H])c(C([2H])([2H])C(=O)N(C([2H])([2H])[2H])C([2H])([2H])[2H])c([2H])c([2H])c1C.[2H]c1c([2H])c(C([2H])([2H])C(=O)O)c([2H])c([2H])c1C.[Cl-]. The lowest BCUT2D eigenvalue weighted by molar-refractivity contribution is -0.136. The summed E-state index contributed by atoms with van der Waals surface area (Å²) in [5.41, 5.74) is -1.79. The van der Waals surface area contributed by atoms with Gasteiger partial charge in [0.2, 0.25) is 5.91 Å². The van der Waals surface area contributed by atoms with Crippen molar-refractivity contribution in [2.75, 3.05) is 14.0 Å². The highest BCUT2D eigenvalue weighted by Crippen LogP contribution is 2.05. The van der Waals surface area contributed by atoms with E-state index in [1.807, 2.05) is 0 Å². The topological polar surface area (TPSA) is 57.6 Å². The minimum absolute atomic E-state index is 0. The van der Waals surface area contributed by atoms with E-state index in [-0.39, 0.29) is 30.0 Å². The van der Waals surface area contributed by atoms with Gasteiger partial charge in [0.25, 0.3) is 0 Å². The lowest BCUT2D eigenvalue weighted by Gasteiger charge is -2.09. The number of halogens is 1. The van der Waals surface area contributed by atoms with Crippen LogP contribution in [0.2, 0.25) is 0 Å². The van der Waals surface area contributed by atoms with Crippen LogP contribution < -0.4 is 12.4 Å². The standard InChI is InChI=1S/C11H15NO.C9H10O2.C3H8.ClH/c1-9-4-6-10(7-5-9)8-11(13)12(2)3;1-7-2-4-8(5-3-7)6-9(10)11;1-3-2;/h4-7H,8H2,1-3H3;2-5H,6H2,1H3,(H,10,11);3H2,1-2H3;1H/p-1/i2D3,3D3,4D,5D,6D,7D,8D2;2D,3D,4D,5D,6D2;1D3;. The number of carboxylic acid groups (broad SMARTS) is 1. The van der Waals surface area contributed by atoms with Crippen molar-refractivity contribution in [3.8, 4) is 0 Å². The molecule has 0 atom stereocenters. The number of carbonyl (C=O) groups excluding carboxylic acids is 1.